The molecule has 1 aliphatic rings. The lowest BCUT2D eigenvalue weighted by atomic mass is 9.91. The second-order valence-corrected chi connectivity index (χ2v) is 6.68. The Morgan fingerprint density at radius 1 is 1.40 bits per heavy atom. The zero-order valence-electron chi connectivity index (χ0n) is 17.6. The first-order valence-corrected chi connectivity index (χ1v) is 9.80. The maximum atomic E-state index is 9.71. The van der Waals surface area contributed by atoms with Crippen molar-refractivity contribution in [2.75, 3.05) is 32.5 Å². The average molecular weight is 412 g/mol. The van der Waals surface area contributed by atoms with Crippen molar-refractivity contribution in [1.29, 1.82) is 5.26 Å². The van der Waals surface area contributed by atoms with Crippen molar-refractivity contribution >= 4 is 12.3 Å². The Labute approximate surface area is 176 Å². The highest BCUT2D eigenvalue weighted by atomic mass is 16.5. The highest BCUT2D eigenvalue weighted by molar-refractivity contribution is 5.80. The summed E-state index contributed by atoms with van der Waals surface area (Å²) >= 11 is 0. The van der Waals surface area contributed by atoms with E-state index in [1.165, 1.54) is 0 Å². The molecule has 3 rings (SSSR count). The van der Waals surface area contributed by atoms with Crippen LogP contribution in [0.25, 0.3) is 11.1 Å². The molecule has 3 N–H and O–H groups in total. The minimum absolute atomic E-state index is 0.250. The van der Waals surface area contributed by atoms with E-state index >= 15 is 0 Å². The predicted molar refractivity (Wildman–Crippen MR) is 114 cm³/mol. The number of methoxy groups -OCH3 is 1. The summed E-state index contributed by atoms with van der Waals surface area (Å²) in [4.78, 5) is 15.1. The van der Waals surface area contributed by atoms with E-state index in [1.807, 2.05) is 12.1 Å². The van der Waals surface area contributed by atoms with Crippen LogP contribution >= 0.6 is 0 Å². The van der Waals surface area contributed by atoms with Crippen LogP contribution in [0.2, 0.25) is 0 Å². The van der Waals surface area contributed by atoms with Gasteiger partial charge in [0.05, 0.1) is 26.0 Å². The number of carbonyl (C=O) groups is 1. The summed E-state index contributed by atoms with van der Waals surface area (Å²) in [6.07, 6.45) is 0.709. The molecule has 0 saturated heterocycles. The third kappa shape index (κ3) is 5.06. The molecule has 2 aromatic rings. The van der Waals surface area contributed by atoms with Crippen molar-refractivity contribution in [3.8, 4) is 22.9 Å². The zero-order chi connectivity index (χ0) is 22.1. The molecule has 160 valence electrons. The molecule has 0 amide bonds. The van der Waals surface area contributed by atoms with Gasteiger partial charge in [0.1, 0.15) is 23.2 Å². The van der Waals surface area contributed by atoms with Gasteiger partial charge in [0.25, 0.3) is 6.47 Å². The molecule has 8 heteroatoms. The van der Waals surface area contributed by atoms with Gasteiger partial charge < -0.3 is 20.3 Å². The number of nitrogens with zero attached hydrogens (tertiary/aromatic N) is 3. The molecule has 30 heavy (non-hydrogen) atoms. The fraction of sp³-hybridized carbons (Fsp3) is 0.409. The van der Waals surface area contributed by atoms with Crippen molar-refractivity contribution in [1.82, 2.24) is 9.88 Å². The number of nitrogens with two attached hydrogens (primary N) is 1. The molecule has 0 radical (unpaired) electrons. The molecule has 0 bridgehead atoms. The summed E-state index contributed by atoms with van der Waals surface area (Å²) in [6, 6.07) is 8.28. The number of nitrogen functional groups attached to an aromatic ring is 1. The van der Waals surface area contributed by atoms with Crippen LogP contribution in [0.4, 0.5) is 5.82 Å². The second kappa shape index (κ2) is 11.1. The normalized spacial score (nSPS) is 12.4. The Balaban J connectivity index is 0.00000101. The van der Waals surface area contributed by atoms with Gasteiger partial charge in [-0.25, -0.2) is 4.98 Å². The summed E-state index contributed by atoms with van der Waals surface area (Å²) in [6.45, 7) is 7.81. The number of aromatic nitrogens is 1. The Morgan fingerprint density at radius 3 is 2.70 bits per heavy atom. The maximum absolute atomic E-state index is 9.71. The fourth-order valence-corrected chi connectivity index (χ4v) is 3.57. The van der Waals surface area contributed by atoms with Gasteiger partial charge in [-0.3, -0.25) is 9.69 Å². The highest BCUT2D eigenvalue weighted by Crippen LogP contribution is 2.36. The number of hydrogen-bond donors (Lipinski definition) is 2. The van der Waals surface area contributed by atoms with Crippen LogP contribution in [0.15, 0.2) is 18.2 Å². The quantitative estimate of drug-likeness (QED) is 0.695. The molecular formula is C22H28N4O4. The minimum atomic E-state index is -0.250. The number of anilines is 1. The van der Waals surface area contributed by atoms with Gasteiger partial charge in [-0.2, -0.15) is 5.26 Å². The number of nitriles is 1. The van der Waals surface area contributed by atoms with Gasteiger partial charge in [0.2, 0.25) is 0 Å². The van der Waals surface area contributed by atoms with Gasteiger partial charge in [0.15, 0.2) is 0 Å². The number of fused-ring (bicyclic) bond motifs is 1. The SMILES string of the molecule is CCN(CC)Cc1cc(-c2c(C#N)c(N)nc3c2COCC3)ccc1OC.O=CO. The lowest BCUT2D eigenvalue weighted by molar-refractivity contribution is -0.122. The second-order valence-electron chi connectivity index (χ2n) is 6.68. The van der Waals surface area contributed by atoms with E-state index in [0.717, 1.165) is 53.3 Å². The standard InChI is InChI=1S/C21H26N4O2.CH2O2/c1-4-25(5-2)12-15-10-14(6-7-19(15)26-3)20-16(11-22)21(23)24-18-8-9-27-13-17(18)20;2-1-3/h6-7,10H,4-5,8-9,12-13H2,1-3H3,(H2,23,24);1H,(H,2,3). The molecule has 1 aromatic carbocycles. The molecule has 0 atom stereocenters. The van der Waals surface area contributed by atoms with Crippen molar-refractivity contribution in [3.05, 3.63) is 40.6 Å². The Hall–Kier alpha value is -3.15. The molecule has 0 spiro atoms. The van der Waals surface area contributed by atoms with Crippen molar-refractivity contribution in [3.63, 3.8) is 0 Å². The molecule has 2 heterocycles. The average Bonchev–Trinajstić information content (AvgIpc) is 2.76. The third-order valence-corrected chi connectivity index (χ3v) is 5.11. The van der Waals surface area contributed by atoms with E-state index < -0.39 is 0 Å². The highest BCUT2D eigenvalue weighted by Gasteiger charge is 2.23. The smallest absolute Gasteiger partial charge is 0.290 e. The minimum Gasteiger partial charge on any atom is -0.496 e. The Kier molecular flexibility index (Phi) is 8.59. The zero-order valence-corrected chi connectivity index (χ0v) is 17.6. The molecule has 0 unspecified atom stereocenters. The van der Waals surface area contributed by atoms with Crippen LogP contribution in [0.1, 0.15) is 36.2 Å². The van der Waals surface area contributed by atoms with Crippen LogP contribution in [0, 0.1) is 11.3 Å². The molecule has 8 nitrogen and oxygen atoms in total. The number of rotatable bonds is 6. The van der Waals surface area contributed by atoms with Gasteiger partial charge in [-0.1, -0.05) is 19.9 Å². The summed E-state index contributed by atoms with van der Waals surface area (Å²) in [7, 11) is 1.68. The third-order valence-electron chi connectivity index (χ3n) is 5.11. The first-order valence-electron chi connectivity index (χ1n) is 9.80. The van der Waals surface area contributed by atoms with Gasteiger partial charge in [-0.15, -0.1) is 0 Å². The number of ether oxygens (including phenoxy) is 2. The van der Waals surface area contributed by atoms with Gasteiger partial charge in [-0.05, 0) is 30.8 Å². The van der Waals surface area contributed by atoms with Crippen LogP contribution in [-0.2, 0) is 29.1 Å². The summed E-state index contributed by atoms with van der Waals surface area (Å²) in [5.74, 6) is 1.13. The summed E-state index contributed by atoms with van der Waals surface area (Å²) in [5.41, 5.74) is 11.3. The van der Waals surface area contributed by atoms with Crippen molar-refractivity contribution in [2.45, 2.75) is 33.4 Å². The summed E-state index contributed by atoms with van der Waals surface area (Å²) in [5, 5.41) is 16.6. The topological polar surface area (TPSA) is 122 Å². The lowest BCUT2D eigenvalue weighted by Crippen LogP contribution is -2.22. The van der Waals surface area contributed by atoms with E-state index in [9.17, 15) is 5.26 Å². The van der Waals surface area contributed by atoms with Gasteiger partial charge in [0, 0.05) is 29.7 Å². The van der Waals surface area contributed by atoms with E-state index in [-0.39, 0.29) is 12.3 Å². The molecule has 1 aromatic heterocycles. The van der Waals surface area contributed by atoms with E-state index in [2.05, 4.69) is 35.9 Å². The van der Waals surface area contributed by atoms with Crippen LogP contribution in [0.3, 0.4) is 0 Å². The van der Waals surface area contributed by atoms with E-state index in [1.54, 1.807) is 7.11 Å². The first kappa shape index (κ1) is 23.1. The number of carboxylic acid groups (broad SMARTS) is 1. The molecule has 0 aliphatic carbocycles. The monoisotopic (exact) mass is 412 g/mol. The number of pyridine rings is 1. The van der Waals surface area contributed by atoms with Crippen LogP contribution in [-0.4, -0.2) is 48.3 Å². The molecule has 0 saturated carbocycles. The predicted octanol–water partition coefficient (Wildman–Crippen LogP) is 2.83. The van der Waals surface area contributed by atoms with Gasteiger partial charge >= 0.3 is 0 Å². The Morgan fingerprint density at radius 2 is 2.10 bits per heavy atom. The maximum Gasteiger partial charge on any atom is 0.290 e. The lowest BCUT2D eigenvalue weighted by Gasteiger charge is -2.23. The Bertz CT molecular complexity index is 920. The van der Waals surface area contributed by atoms with E-state index in [0.29, 0.717) is 25.2 Å². The van der Waals surface area contributed by atoms with Crippen LogP contribution < -0.4 is 10.5 Å². The largest absolute Gasteiger partial charge is 0.496 e. The molecule has 0 fully saturated rings. The first-order chi connectivity index (χ1) is 14.5. The summed E-state index contributed by atoms with van der Waals surface area (Å²) < 4.78 is 11.2. The van der Waals surface area contributed by atoms with Crippen molar-refractivity contribution in [2.24, 2.45) is 0 Å². The molecular weight excluding hydrogens is 384 g/mol. The molecule has 1 aliphatic heterocycles. The number of hydrogen-bond acceptors (Lipinski definition) is 7. The fourth-order valence-electron chi connectivity index (χ4n) is 3.57. The van der Waals surface area contributed by atoms with Crippen molar-refractivity contribution < 1.29 is 19.4 Å². The van der Waals surface area contributed by atoms with Crippen LogP contribution in [0.5, 0.6) is 5.75 Å². The number of benzene rings is 1. The van der Waals surface area contributed by atoms with E-state index in [4.69, 9.17) is 25.1 Å².